The summed E-state index contributed by atoms with van der Waals surface area (Å²) in [5.74, 6) is 0.0869. The van der Waals surface area contributed by atoms with Crippen LogP contribution in [0.5, 0.6) is 0 Å². The minimum Gasteiger partial charge on any atom is -0.345 e. The predicted molar refractivity (Wildman–Crippen MR) is 103 cm³/mol. The summed E-state index contributed by atoms with van der Waals surface area (Å²) in [7, 11) is 1.87. The summed E-state index contributed by atoms with van der Waals surface area (Å²) in [5.41, 5.74) is 0.387. The quantitative estimate of drug-likeness (QED) is 0.795. The van der Waals surface area contributed by atoms with Gasteiger partial charge in [-0.1, -0.05) is 18.9 Å². The molecule has 1 atom stereocenters. The van der Waals surface area contributed by atoms with Gasteiger partial charge in [-0.3, -0.25) is 14.5 Å². The number of carbonyl (C=O) groups is 2. The molecule has 0 spiro atoms. The average Bonchev–Trinajstić information content (AvgIpc) is 3.21. The van der Waals surface area contributed by atoms with Gasteiger partial charge < -0.3 is 9.80 Å². The van der Waals surface area contributed by atoms with Gasteiger partial charge in [0.05, 0.1) is 6.04 Å². The molecule has 0 aromatic heterocycles. The van der Waals surface area contributed by atoms with Crippen LogP contribution in [0.4, 0.5) is 4.39 Å². The second-order valence-corrected chi connectivity index (χ2v) is 7.68. The van der Waals surface area contributed by atoms with E-state index in [0.717, 1.165) is 12.8 Å². The summed E-state index contributed by atoms with van der Waals surface area (Å²) < 4.78 is 13.4. The van der Waals surface area contributed by atoms with Gasteiger partial charge in [-0.15, -0.1) is 0 Å². The van der Waals surface area contributed by atoms with Crippen LogP contribution in [0.25, 0.3) is 0 Å². The topological polar surface area (TPSA) is 43.9 Å². The van der Waals surface area contributed by atoms with Crippen molar-refractivity contribution < 1.29 is 14.0 Å². The average molecular weight is 375 g/mol. The standard InChI is InChI=1S/C21H30FN3O2/c1-3-23(2)21(27)19(16-7-4-5-8-16)24-11-13-25(14-12-24)20(26)17-9-6-10-18(22)15-17/h6,9-10,15-16,19H,3-5,7-8,11-14H2,1-2H3/t19-/m0/s1. The van der Waals surface area contributed by atoms with Crippen LogP contribution in [0.1, 0.15) is 43.0 Å². The highest BCUT2D eigenvalue weighted by molar-refractivity contribution is 5.94. The largest absolute Gasteiger partial charge is 0.345 e. The minimum atomic E-state index is -0.394. The molecule has 2 amide bonds. The monoisotopic (exact) mass is 375 g/mol. The smallest absolute Gasteiger partial charge is 0.254 e. The maximum absolute atomic E-state index is 13.4. The van der Waals surface area contributed by atoms with E-state index in [4.69, 9.17) is 0 Å². The van der Waals surface area contributed by atoms with Crippen molar-refractivity contribution in [1.29, 1.82) is 0 Å². The van der Waals surface area contributed by atoms with Crippen molar-refractivity contribution in [1.82, 2.24) is 14.7 Å². The van der Waals surface area contributed by atoms with E-state index in [0.29, 0.717) is 44.2 Å². The van der Waals surface area contributed by atoms with Gasteiger partial charge >= 0.3 is 0 Å². The molecule has 3 rings (SSSR count). The Kier molecular flexibility index (Phi) is 6.47. The van der Waals surface area contributed by atoms with Crippen LogP contribution in [-0.4, -0.2) is 72.3 Å². The lowest BCUT2D eigenvalue weighted by Crippen LogP contribution is -2.58. The molecule has 1 aromatic carbocycles. The molecular formula is C21H30FN3O2. The molecule has 1 saturated heterocycles. The first-order chi connectivity index (χ1) is 13.0. The molecule has 0 bridgehead atoms. The second-order valence-electron chi connectivity index (χ2n) is 7.68. The Morgan fingerprint density at radius 2 is 1.85 bits per heavy atom. The fourth-order valence-electron chi connectivity index (χ4n) is 4.32. The van der Waals surface area contributed by atoms with E-state index in [1.54, 1.807) is 17.0 Å². The van der Waals surface area contributed by atoms with Crippen LogP contribution in [0.2, 0.25) is 0 Å². The van der Waals surface area contributed by atoms with Gasteiger partial charge in [0, 0.05) is 45.3 Å². The van der Waals surface area contributed by atoms with Crippen molar-refractivity contribution in [3.05, 3.63) is 35.6 Å². The first-order valence-corrected chi connectivity index (χ1v) is 10.0. The Hall–Kier alpha value is -1.95. The van der Waals surface area contributed by atoms with E-state index in [9.17, 15) is 14.0 Å². The molecule has 5 nitrogen and oxygen atoms in total. The van der Waals surface area contributed by atoms with Crippen molar-refractivity contribution in [2.75, 3.05) is 39.8 Å². The van der Waals surface area contributed by atoms with Crippen LogP contribution in [0.3, 0.4) is 0 Å². The maximum atomic E-state index is 13.4. The van der Waals surface area contributed by atoms with Gasteiger partial charge in [-0.2, -0.15) is 0 Å². The summed E-state index contributed by atoms with van der Waals surface area (Å²) >= 11 is 0. The van der Waals surface area contributed by atoms with Crippen molar-refractivity contribution in [3.63, 3.8) is 0 Å². The second kappa shape index (κ2) is 8.83. The number of likely N-dealkylation sites (N-methyl/N-ethyl adjacent to an activating group) is 1. The van der Waals surface area contributed by atoms with E-state index in [-0.39, 0.29) is 17.9 Å². The number of carbonyl (C=O) groups excluding carboxylic acids is 2. The van der Waals surface area contributed by atoms with Crippen molar-refractivity contribution in [2.45, 2.75) is 38.6 Å². The van der Waals surface area contributed by atoms with Gasteiger partial charge in [0.2, 0.25) is 5.91 Å². The highest BCUT2D eigenvalue weighted by Crippen LogP contribution is 2.32. The molecule has 148 valence electrons. The van der Waals surface area contributed by atoms with Crippen molar-refractivity contribution in [2.24, 2.45) is 5.92 Å². The van der Waals surface area contributed by atoms with Crippen LogP contribution < -0.4 is 0 Å². The van der Waals surface area contributed by atoms with Crippen molar-refractivity contribution >= 4 is 11.8 Å². The number of benzene rings is 1. The minimum absolute atomic E-state index is 0.0797. The van der Waals surface area contributed by atoms with Crippen LogP contribution in [0, 0.1) is 11.7 Å². The lowest BCUT2D eigenvalue weighted by Gasteiger charge is -2.42. The fourth-order valence-corrected chi connectivity index (χ4v) is 4.32. The van der Waals surface area contributed by atoms with Crippen LogP contribution in [0.15, 0.2) is 24.3 Å². The number of halogens is 1. The first-order valence-electron chi connectivity index (χ1n) is 10.0. The molecule has 2 aliphatic rings. The highest BCUT2D eigenvalue weighted by atomic mass is 19.1. The Morgan fingerprint density at radius 3 is 2.44 bits per heavy atom. The van der Waals surface area contributed by atoms with Crippen LogP contribution in [-0.2, 0) is 4.79 Å². The summed E-state index contributed by atoms with van der Waals surface area (Å²) in [6.45, 7) is 5.22. The summed E-state index contributed by atoms with van der Waals surface area (Å²) in [6.07, 6.45) is 4.61. The number of nitrogens with zero attached hydrogens (tertiary/aromatic N) is 3. The van der Waals surface area contributed by atoms with Gasteiger partial charge in [-0.05, 0) is 43.9 Å². The molecule has 0 radical (unpaired) electrons. The molecule has 1 heterocycles. The third kappa shape index (κ3) is 4.49. The highest BCUT2D eigenvalue weighted by Gasteiger charge is 2.38. The molecular weight excluding hydrogens is 345 g/mol. The van der Waals surface area contributed by atoms with E-state index in [1.165, 1.54) is 25.0 Å². The van der Waals surface area contributed by atoms with Crippen LogP contribution >= 0.6 is 0 Å². The molecule has 27 heavy (non-hydrogen) atoms. The van der Waals surface area contributed by atoms with Gasteiger partial charge in [0.15, 0.2) is 0 Å². The molecule has 1 aliphatic carbocycles. The summed E-state index contributed by atoms with van der Waals surface area (Å²) in [6, 6.07) is 5.77. The third-order valence-corrected chi connectivity index (χ3v) is 6.02. The zero-order valence-corrected chi connectivity index (χ0v) is 16.4. The molecule has 2 fully saturated rings. The number of hydrogen-bond donors (Lipinski definition) is 0. The molecule has 1 saturated carbocycles. The lowest BCUT2D eigenvalue weighted by atomic mass is 9.94. The summed E-state index contributed by atoms with van der Waals surface area (Å²) in [4.78, 5) is 31.5. The normalized spacial score (nSPS) is 19.9. The van der Waals surface area contributed by atoms with E-state index >= 15 is 0 Å². The zero-order chi connectivity index (χ0) is 19.4. The van der Waals surface area contributed by atoms with E-state index < -0.39 is 5.82 Å². The number of rotatable bonds is 5. The lowest BCUT2D eigenvalue weighted by molar-refractivity contribution is -0.138. The Bertz CT molecular complexity index is 667. The Morgan fingerprint density at radius 1 is 1.19 bits per heavy atom. The molecule has 6 heteroatoms. The molecule has 1 aliphatic heterocycles. The number of piperazine rings is 1. The SMILES string of the molecule is CCN(C)C(=O)[C@H](C1CCCC1)N1CCN(C(=O)c2cccc(F)c2)CC1. The van der Waals surface area contributed by atoms with Crippen molar-refractivity contribution in [3.8, 4) is 0 Å². The Balaban J connectivity index is 1.66. The number of hydrogen-bond acceptors (Lipinski definition) is 3. The summed E-state index contributed by atoms with van der Waals surface area (Å²) in [5, 5.41) is 0. The molecule has 1 aromatic rings. The Labute approximate surface area is 161 Å². The molecule has 0 N–H and O–H groups in total. The third-order valence-electron chi connectivity index (χ3n) is 6.02. The van der Waals surface area contributed by atoms with Gasteiger partial charge in [0.1, 0.15) is 5.82 Å². The van der Waals surface area contributed by atoms with Gasteiger partial charge in [-0.25, -0.2) is 4.39 Å². The zero-order valence-electron chi connectivity index (χ0n) is 16.4. The first kappa shape index (κ1) is 19.8. The predicted octanol–water partition coefficient (Wildman–Crippen LogP) is 2.62. The number of amides is 2. The maximum Gasteiger partial charge on any atom is 0.254 e. The fraction of sp³-hybridized carbons (Fsp3) is 0.619. The molecule has 0 unspecified atom stereocenters. The van der Waals surface area contributed by atoms with E-state index in [2.05, 4.69) is 4.90 Å². The van der Waals surface area contributed by atoms with Gasteiger partial charge in [0.25, 0.3) is 5.91 Å². The van der Waals surface area contributed by atoms with E-state index in [1.807, 2.05) is 18.9 Å².